The van der Waals surface area contributed by atoms with Gasteiger partial charge in [0, 0.05) is 22.8 Å². The van der Waals surface area contributed by atoms with Crippen molar-refractivity contribution >= 4 is 57.5 Å². The Balaban J connectivity index is 1.64. The van der Waals surface area contributed by atoms with E-state index in [1.807, 2.05) is 25.1 Å². The number of benzene rings is 2. The molecule has 0 unspecified atom stereocenters. The van der Waals surface area contributed by atoms with Gasteiger partial charge in [0.25, 0.3) is 5.91 Å². The van der Waals surface area contributed by atoms with Gasteiger partial charge in [-0.25, -0.2) is 4.99 Å². The molecule has 2 aliphatic heterocycles. The lowest BCUT2D eigenvalue weighted by atomic mass is 9.88. The topological polar surface area (TPSA) is 44.7 Å². The van der Waals surface area contributed by atoms with E-state index >= 15 is 0 Å². The number of hydrogen-bond donors (Lipinski definition) is 1. The highest BCUT2D eigenvalue weighted by atomic mass is 35.5. The maximum atomic E-state index is 12.6. The summed E-state index contributed by atoms with van der Waals surface area (Å²) in [5, 5.41) is 4.06. The molecule has 2 aliphatic rings. The van der Waals surface area contributed by atoms with Crippen LogP contribution in [0.3, 0.4) is 0 Å². The highest BCUT2D eigenvalue weighted by Gasteiger charge is 2.31. The molecule has 0 saturated carbocycles. The second-order valence-electron chi connectivity index (χ2n) is 8.82. The van der Waals surface area contributed by atoms with Crippen molar-refractivity contribution in [1.29, 1.82) is 0 Å². The van der Waals surface area contributed by atoms with Gasteiger partial charge in [-0.3, -0.25) is 4.79 Å². The molecule has 1 fully saturated rings. The monoisotopic (exact) mass is 465 g/mol. The number of aliphatic imine (C=N–C) groups is 1. The summed E-state index contributed by atoms with van der Waals surface area (Å²) in [6.07, 6.45) is 5.36. The molecule has 6 heteroatoms. The van der Waals surface area contributed by atoms with E-state index in [9.17, 15) is 4.79 Å². The first kappa shape index (κ1) is 22.7. The molecule has 0 aromatic heterocycles. The van der Waals surface area contributed by atoms with Gasteiger partial charge in [0.1, 0.15) is 0 Å². The number of aryl methyl sites for hydroxylation is 1. The molecule has 0 spiro atoms. The van der Waals surface area contributed by atoms with Crippen LogP contribution in [0, 0.1) is 6.92 Å². The number of thioether (sulfide) groups is 1. The number of nitrogens with zero attached hydrogens (tertiary/aromatic N) is 2. The zero-order valence-corrected chi connectivity index (χ0v) is 20.7. The molecule has 0 aliphatic carbocycles. The van der Waals surface area contributed by atoms with E-state index < -0.39 is 0 Å². The van der Waals surface area contributed by atoms with Crippen LogP contribution in [0.1, 0.15) is 50.8 Å². The summed E-state index contributed by atoms with van der Waals surface area (Å²) in [5.74, 6) is -0.132. The molecule has 1 amide bonds. The molecule has 4 nitrogen and oxygen atoms in total. The van der Waals surface area contributed by atoms with Crippen molar-refractivity contribution in [2.24, 2.45) is 4.99 Å². The minimum absolute atomic E-state index is 0.0158. The summed E-state index contributed by atoms with van der Waals surface area (Å²) >= 11 is 7.45. The molecule has 0 radical (unpaired) electrons. The number of fused-ring (bicyclic) bond motifs is 1. The van der Waals surface area contributed by atoms with E-state index in [2.05, 4.69) is 67.2 Å². The number of rotatable bonds is 4. The van der Waals surface area contributed by atoms with Gasteiger partial charge in [0.15, 0.2) is 5.17 Å². The number of hydrogen-bond acceptors (Lipinski definition) is 4. The lowest BCUT2D eigenvalue weighted by Gasteiger charge is -2.43. The Bertz CT molecular complexity index is 1180. The van der Waals surface area contributed by atoms with Crippen molar-refractivity contribution in [3.63, 3.8) is 0 Å². The summed E-state index contributed by atoms with van der Waals surface area (Å²) in [4.78, 5) is 20.3. The maximum Gasteiger partial charge on any atom is 0.264 e. The van der Waals surface area contributed by atoms with Gasteiger partial charge in [0.2, 0.25) is 0 Å². The van der Waals surface area contributed by atoms with E-state index in [1.54, 1.807) is 6.07 Å². The van der Waals surface area contributed by atoms with Crippen molar-refractivity contribution in [2.45, 2.75) is 46.6 Å². The fourth-order valence-electron chi connectivity index (χ4n) is 4.27. The van der Waals surface area contributed by atoms with E-state index in [4.69, 9.17) is 11.6 Å². The van der Waals surface area contributed by atoms with Gasteiger partial charge < -0.3 is 10.2 Å². The zero-order valence-electron chi connectivity index (χ0n) is 19.1. The SMILES string of the molecule is CCCN1c2ccc(/C=C3/SC(=Nc4cc(Cl)ccc4C)NC3=O)cc2C(C)=CC1(C)C. The molecule has 2 aromatic rings. The smallest absolute Gasteiger partial charge is 0.264 e. The lowest BCUT2D eigenvalue weighted by Crippen LogP contribution is -2.45. The molecule has 166 valence electrons. The van der Waals surface area contributed by atoms with Crippen molar-refractivity contribution in [1.82, 2.24) is 5.32 Å². The van der Waals surface area contributed by atoms with Gasteiger partial charge in [-0.05, 0) is 92.9 Å². The second kappa shape index (κ2) is 8.80. The van der Waals surface area contributed by atoms with Crippen LogP contribution < -0.4 is 10.2 Å². The van der Waals surface area contributed by atoms with Crippen LogP contribution in [0.2, 0.25) is 5.02 Å². The Labute approximate surface area is 199 Å². The third-order valence-corrected chi connectivity index (χ3v) is 6.94. The van der Waals surface area contributed by atoms with Crippen LogP contribution in [0.5, 0.6) is 0 Å². The Morgan fingerprint density at radius 2 is 1.97 bits per heavy atom. The predicted octanol–water partition coefficient (Wildman–Crippen LogP) is 6.95. The van der Waals surface area contributed by atoms with E-state index in [0.29, 0.717) is 15.1 Å². The van der Waals surface area contributed by atoms with E-state index in [1.165, 1.54) is 28.6 Å². The first-order valence-electron chi connectivity index (χ1n) is 10.8. The van der Waals surface area contributed by atoms with Crippen LogP contribution in [0.4, 0.5) is 11.4 Å². The molecular weight excluding hydrogens is 438 g/mol. The third-order valence-electron chi connectivity index (χ3n) is 5.79. The Morgan fingerprint density at radius 3 is 2.72 bits per heavy atom. The summed E-state index contributed by atoms with van der Waals surface area (Å²) in [7, 11) is 0. The fourth-order valence-corrected chi connectivity index (χ4v) is 5.27. The quantitative estimate of drug-likeness (QED) is 0.496. The molecule has 4 rings (SSSR count). The van der Waals surface area contributed by atoms with Gasteiger partial charge in [0.05, 0.1) is 16.1 Å². The van der Waals surface area contributed by atoms with Crippen LogP contribution in [-0.2, 0) is 4.79 Å². The number of carbonyl (C=O) groups excluding carboxylic acids is 1. The molecule has 0 atom stereocenters. The summed E-state index contributed by atoms with van der Waals surface area (Å²) in [6, 6.07) is 12.0. The Kier molecular flexibility index (Phi) is 6.24. The van der Waals surface area contributed by atoms with Crippen LogP contribution in [-0.4, -0.2) is 23.2 Å². The molecule has 2 aromatic carbocycles. The zero-order chi connectivity index (χ0) is 23.0. The molecule has 32 heavy (non-hydrogen) atoms. The van der Waals surface area contributed by atoms with E-state index in [0.717, 1.165) is 29.8 Å². The predicted molar refractivity (Wildman–Crippen MR) is 139 cm³/mol. The standard InChI is InChI=1S/C26H28ClN3OS/c1-6-11-30-22-10-8-18(12-20(22)17(3)15-26(30,4)5)13-23-24(31)29-25(32-23)28-21-14-19(27)9-7-16(21)2/h7-10,12-15H,6,11H2,1-5H3,(H,28,29,31)/b23-13+. The molecule has 2 heterocycles. The number of nitrogens with one attached hydrogen (secondary N) is 1. The number of amidine groups is 1. The van der Waals surface area contributed by atoms with Gasteiger partial charge in [-0.1, -0.05) is 36.7 Å². The van der Waals surface area contributed by atoms with Crippen molar-refractivity contribution < 1.29 is 4.79 Å². The highest BCUT2D eigenvalue weighted by Crippen LogP contribution is 2.40. The average molecular weight is 466 g/mol. The van der Waals surface area contributed by atoms with Crippen LogP contribution >= 0.6 is 23.4 Å². The summed E-state index contributed by atoms with van der Waals surface area (Å²) < 4.78 is 0. The van der Waals surface area contributed by atoms with Crippen molar-refractivity contribution in [3.05, 3.63) is 69.1 Å². The van der Waals surface area contributed by atoms with E-state index in [-0.39, 0.29) is 11.4 Å². The summed E-state index contributed by atoms with van der Waals surface area (Å²) in [6.45, 7) is 11.9. The number of amides is 1. The Hall–Kier alpha value is -2.50. The van der Waals surface area contributed by atoms with Crippen LogP contribution in [0.25, 0.3) is 11.6 Å². The normalized spacial score (nSPS) is 19.9. The first-order valence-corrected chi connectivity index (χ1v) is 12.0. The Morgan fingerprint density at radius 1 is 1.19 bits per heavy atom. The number of carbonyl (C=O) groups is 1. The molecule has 1 saturated heterocycles. The highest BCUT2D eigenvalue weighted by molar-refractivity contribution is 8.18. The third kappa shape index (κ3) is 4.50. The number of anilines is 1. The number of allylic oxidation sites excluding steroid dienone is 1. The second-order valence-corrected chi connectivity index (χ2v) is 10.3. The average Bonchev–Trinajstić information content (AvgIpc) is 3.06. The van der Waals surface area contributed by atoms with Gasteiger partial charge in [-0.2, -0.15) is 0 Å². The molecule has 0 bridgehead atoms. The lowest BCUT2D eigenvalue weighted by molar-refractivity contribution is -0.115. The molecular formula is C26H28ClN3OS. The largest absolute Gasteiger partial charge is 0.362 e. The van der Waals surface area contributed by atoms with Gasteiger partial charge >= 0.3 is 0 Å². The number of halogens is 1. The summed E-state index contributed by atoms with van der Waals surface area (Å²) in [5.41, 5.74) is 6.49. The first-order chi connectivity index (χ1) is 15.2. The van der Waals surface area contributed by atoms with Crippen molar-refractivity contribution in [3.8, 4) is 0 Å². The van der Waals surface area contributed by atoms with Crippen LogP contribution in [0.15, 0.2) is 52.4 Å². The minimum atomic E-state index is -0.132. The van der Waals surface area contributed by atoms with Gasteiger partial charge in [-0.15, -0.1) is 0 Å². The van der Waals surface area contributed by atoms with Crippen molar-refractivity contribution in [2.75, 3.05) is 11.4 Å². The minimum Gasteiger partial charge on any atom is -0.362 e. The maximum absolute atomic E-state index is 12.6. The fraction of sp³-hybridized carbons (Fsp3) is 0.308. The molecule has 1 N–H and O–H groups in total.